The summed E-state index contributed by atoms with van der Waals surface area (Å²) in [4.78, 5) is 10.8. The molecule has 0 aliphatic carbocycles. The Bertz CT molecular complexity index is 382. The van der Waals surface area contributed by atoms with Crippen molar-refractivity contribution in [2.75, 3.05) is 18.0 Å². The Labute approximate surface area is 95.2 Å². The lowest BCUT2D eigenvalue weighted by Crippen LogP contribution is -2.39. The van der Waals surface area contributed by atoms with Crippen molar-refractivity contribution in [2.45, 2.75) is 19.8 Å². The molecular formula is C11H17N5. The summed E-state index contributed by atoms with van der Waals surface area (Å²) in [6.07, 6.45) is 3.63. The van der Waals surface area contributed by atoms with Gasteiger partial charge in [0.25, 0.3) is 0 Å². The van der Waals surface area contributed by atoms with Gasteiger partial charge in [0, 0.05) is 30.9 Å². The van der Waals surface area contributed by atoms with Crippen LogP contribution in [-0.4, -0.2) is 28.9 Å². The molecule has 3 N–H and O–H groups in total. The van der Waals surface area contributed by atoms with Crippen LogP contribution >= 0.6 is 0 Å². The first-order valence-electron chi connectivity index (χ1n) is 5.55. The maximum atomic E-state index is 7.42. The Morgan fingerprint density at radius 3 is 2.75 bits per heavy atom. The van der Waals surface area contributed by atoms with Crippen molar-refractivity contribution in [3.05, 3.63) is 18.0 Å². The van der Waals surface area contributed by atoms with Crippen LogP contribution in [0, 0.1) is 18.3 Å². The average molecular weight is 219 g/mol. The van der Waals surface area contributed by atoms with Gasteiger partial charge in [-0.2, -0.15) is 0 Å². The summed E-state index contributed by atoms with van der Waals surface area (Å²) in [6.45, 7) is 3.73. The number of nitrogens with one attached hydrogen (secondary N) is 1. The third-order valence-corrected chi connectivity index (χ3v) is 3.00. The minimum Gasteiger partial charge on any atom is -0.387 e. The van der Waals surface area contributed by atoms with E-state index in [9.17, 15) is 0 Å². The Hall–Kier alpha value is -1.65. The van der Waals surface area contributed by atoms with E-state index in [1.54, 1.807) is 6.20 Å². The van der Waals surface area contributed by atoms with E-state index in [1.807, 2.05) is 13.0 Å². The maximum Gasteiger partial charge on any atom is 0.225 e. The number of rotatable bonds is 2. The molecule has 1 aliphatic rings. The van der Waals surface area contributed by atoms with E-state index < -0.39 is 0 Å². The highest BCUT2D eigenvalue weighted by Crippen LogP contribution is 2.20. The number of hydrogen-bond acceptors (Lipinski definition) is 4. The van der Waals surface area contributed by atoms with Crippen molar-refractivity contribution in [2.24, 2.45) is 11.7 Å². The van der Waals surface area contributed by atoms with Gasteiger partial charge in [0.15, 0.2) is 0 Å². The summed E-state index contributed by atoms with van der Waals surface area (Å²) < 4.78 is 0. The van der Waals surface area contributed by atoms with Crippen LogP contribution in [0.4, 0.5) is 5.95 Å². The second-order valence-corrected chi connectivity index (χ2v) is 4.21. The first kappa shape index (κ1) is 10.9. The summed E-state index contributed by atoms with van der Waals surface area (Å²) in [5.74, 6) is 1.34. The molecule has 0 amide bonds. The number of aryl methyl sites for hydroxylation is 1. The number of aromatic nitrogens is 2. The molecule has 1 aliphatic heterocycles. The second-order valence-electron chi connectivity index (χ2n) is 4.21. The van der Waals surface area contributed by atoms with Gasteiger partial charge in [0.1, 0.15) is 0 Å². The normalized spacial score (nSPS) is 17.4. The van der Waals surface area contributed by atoms with E-state index in [1.165, 1.54) is 0 Å². The Morgan fingerprint density at radius 2 is 2.19 bits per heavy atom. The van der Waals surface area contributed by atoms with Gasteiger partial charge in [-0.05, 0) is 25.8 Å². The Morgan fingerprint density at radius 1 is 1.50 bits per heavy atom. The van der Waals surface area contributed by atoms with E-state index in [2.05, 4.69) is 14.9 Å². The van der Waals surface area contributed by atoms with E-state index in [0.717, 1.165) is 37.6 Å². The molecule has 5 nitrogen and oxygen atoms in total. The van der Waals surface area contributed by atoms with Gasteiger partial charge < -0.3 is 10.6 Å². The lowest BCUT2D eigenvalue weighted by atomic mass is 9.96. The van der Waals surface area contributed by atoms with E-state index in [-0.39, 0.29) is 5.92 Å². The number of amidine groups is 1. The summed E-state index contributed by atoms with van der Waals surface area (Å²) in [7, 11) is 0. The molecular weight excluding hydrogens is 202 g/mol. The number of hydrogen-bond donors (Lipinski definition) is 2. The zero-order valence-electron chi connectivity index (χ0n) is 9.48. The van der Waals surface area contributed by atoms with Crippen LogP contribution in [0.1, 0.15) is 18.5 Å². The third-order valence-electron chi connectivity index (χ3n) is 3.00. The topological polar surface area (TPSA) is 78.9 Å². The molecule has 0 aromatic carbocycles. The highest BCUT2D eigenvalue weighted by molar-refractivity contribution is 5.79. The van der Waals surface area contributed by atoms with Gasteiger partial charge in [-0.15, -0.1) is 0 Å². The van der Waals surface area contributed by atoms with Crippen LogP contribution < -0.4 is 10.6 Å². The minimum atomic E-state index is 0.237. The van der Waals surface area contributed by atoms with Crippen LogP contribution in [0.15, 0.2) is 12.3 Å². The lowest BCUT2D eigenvalue weighted by Gasteiger charge is -2.31. The molecule has 0 unspecified atom stereocenters. The highest BCUT2D eigenvalue weighted by Gasteiger charge is 2.22. The van der Waals surface area contributed by atoms with Crippen molar-refractivity contribution >= 4 is 11.8 Å². The standard InChI is InChI=1S/C11H17N5/c1-8-2-5-14-11(15-8)16-6-3-9(4-7-16)10(12)13/h2,5,9H,3-4,6-7H2,1H3,(H3,12,13). The summed E-state index contributed by atoms with van der Waals surface area (Å²) in [6, 6.07) is 1.89. The highest BCUT2D eigenvalue weighted by atomic mass is 15.2. The van der Waals surface area contributed by atoms with Crippen molar-refractivity contribution in [1.82, 2.24) is 9.97 Å². The molecule has 1 aromatic heterocycles. The number of piperidine rings is 1. The van der Waals surface area contributed by atoms with Crippen LogP contribution in [0.25, 0.3) is 0 Å². The molecule has 86 valence electrons. The Kier molecular flexibility index (Phi) is 3.03. The molecule has 1 fully saturated rings. The second kappa shape index (κ2) is 4.47. The third kappa shape index (κ3) is 2.29. The van der Waals surface area contributed by atoms with Gasteiger partial charge in [-0.1, -0.05) is 0 Å². The maximum absolute atomic E-state index is 7.42. The fourth-order valence-corrected chi connectivity index (χ4v) is 1.98. The smallest absolute Gasteiger partial charge is 0.225 e. The summed E-state index contributed by atoms with van der Waals surface area (Å²) >= 11 is 0. The predicted octanol–water partition coefficient (Wildman–Crippen LogP) is 0.937. The molecule has 2 heterocycles. The lowest BCUT2D eigenvalue weighted by molar-refractivity contribution is 0.492. The molecule has 5 heteroatoms. The van der Waals surface area contributed by atoms with Gasteiger partial charge in [0.05, 0.1) is 5.84 Å². The largest absolute Gasteiger partial charge is 0.387 e. The Balaban J connectivity index is 2.01. The first-order chi connectivity index (χ1) is 7.66. The summed E-state index contributed by atoms with van der Waals surface area (Å²) in [5, 5.41) is 7.42. The fourth-order valence-electron chi connectivity index (χ4n) is 1.98. The zero-order valence-corrected chi connectivity index (χ0v) is 9.48. The van der Waals surface area contributed by atoms with Crippen LogP contribution in [-0.2, 0) is 0 Å². The SMILES string of the molecule is Cc1ccnc(N2CCC(C(=N)N)CC2)n1. The summed E-state index contributed by atoms with van der Waals surface area (Å²) in [5.41, 5.74) is 6.49. The van der Waals surface area contributed by atoms with Gasteiger partial charge in [0.2, 0.25) is 5.95 Å². The molecule has 1 saturated heterocycles. The van der Waals surface area contributed by atoms with Gasteiger partial charge >= 0.3 is 0 Å². The van der Waals surface area contributed by atoms with Gasteiger partial charge in [-0.3, -0.25) is 5.41 Å². The van der Waals surface area contributed by atoms with Crippen molar-refractivity contribution in [3.63, 3.8) is 0 Å². The molecule has 1 aromatic rings. The van der Waals surface area contributed by atoms with Crippen LogP contribution in [0.5, 0.6) is 0 Å². The van der Waals surface area contributed by atoms with Crippen LogP contribution in [0.3, 0.4) is 0 Å². The van der Waals surface area contributed by atoms with Crippen LogP contribution in [0.2, 0.25) is 0 Å². The molecule has 0 spiro atoms. The van der Waals surface area contributed by atoms with Crippen molar-refractivity contribution in [3.8, 4) is 0 Å². The van der Waals surface area contributed by atoms with Crippen molar-refractivity contribution in [1.29, 1.82) is 5.41 Å². The van der Waals surface area contributed by atoms with Crippen molar-refractivity contribution < 1.29 is 0 Å². The molecule has 0 radical (unpaired) electrons. The predicted molar refractivity (Wildman–Crippen MR) is 63.6 cm³/mol. The number of anilines is 1. The average Bonchev–Trinajstić information content (AvgIpc) is 2.29. The molecule has 0 atom stereocenters. The molecule has 2 rings (SSSR count). The number of nitrogens with two attached hydrogens (primary N) is 1. The minimum absolute atomic E-state index is 0.237. The number of nitrogens with zero attached hydrogens (tertiary/aromatic N) is 3. The molecule has 16 heavy (non-hydrogen) atoms. The van der Waals surface area contributed by atoms with Gasteiger partial charge in [-0.25, -0.2) is 9.97 Å². The quantitative estimate of drug-likeness (QED) is 0.573. The van der Waals surface area contributed by atoms with E-state index in [0.29, 0.717) is 5.84 Å². The molecule has 0 saturated carbocycles. The first-order valence-corrected chi connectivity index (χ1v) is 5.55. The fraction of sp³-hybridized carbons (Fsp3) is 0.545. The molecule has 0 bridgehead atoms. The monoisotopic (exact) mass is 219 g/mol. The van der Waals surface area contributed by atoms with E-state index >= 15 is 0 Å². The van der Waals surface area contributed by atoms with E-state index in [4.69, 9.17) is 11.1 Å². The zero-order chi connectivity index (χ0) is 11.5.